The molecule has 2 aliphatic rings. The van der Waals surface area contributed by atoms with Gasteiger partial charge in [0.2, 0.25) is 0 Å². The number of imidazole rings is 1. The predicted octanol–water partition coefficient (Wildman–Crippen LogP) is 3.28. The number of fused-ring (bicyclic) bond motifs is 3. The molecule has 5 rings (SSSR count). The lowest BCUT2D eigenvalue weighted by atomic mass is 9.98. The van der Waals surface area contributed by atoms with Crippen LogP contribution in [0.2, 0.25) is 0 Å². The number of benzene rings is 2. The van der Waals surface area contributed by atoms with E-state index < -0.39 is 0 Å². The van der Waals surface area contributed by atoms with Crippen molar-refractivity contribution in [2.45, 2.75) is 38.8 Å². The van der Waals surface area contributed by atoms with Gasteiger partial charge in [-0.2, -0.15) is 0 Å². The van der Waals surface area contributed by atoms with Crippen LogP contribution in [0.5, 0.6) is 0 Å². The molecule has 0 amide bonds. The quantitative estimate of drug-likeness (QED) is 0.703. The molecule has 2 aliphatic heterocycles. The summed E-state index contributed by atoms with van der Waals surface area (Å²) in [6, 6.07) is 15.8. The van der Waals surface area contributed by atoms with Crippen LogP contribution < -0.4 is 10.6 Å². The SMILES string of the molecule is C[C@H]1CCc2c(ccc3c2nc(Cc2ccccc2)n3CCN2CCNCC2)N1. The molecular formula is C24H31N5. The third-order valence-corrected chi connectivity index (χ3v) is 6.39. The Kier molecular flexibility index (Phi) is 5.25. The minimum atomic E-state index is 0.540. The minimum absolute atomic E-state index is 0.540. The minimum Gasteiger partial charge on any atom is -0.382 e. The molecule has 5 heteroatoms. The Morgan fingerprint density at radius 3 is 2.69 bits per heavy atom. The number of nitrogens with zero attached hydrogens (tertiary/aromatic N) is 3. The highest BCUT2D eigenvalue weighted by molar-refractivity contribution is 5.86. The second-order valence-electron chi connectivity index (χ2n) is 8.48. The number of hydrogen-bond acceptors (Lipinski definition) is 4. The Labute approximate surface area is 173 Å². The standard InChI is InChI=1S/C24H31N5/c1-18-7-8-20-21(26-18)9-10-22-24(20)27-23(17-19-5-3-2-4-6-19)29(22)16-15-28-13-11-25-12-14-28/h2-6,9-10,18,25-26H,7-8,11-17H2,1H3/t18-/m0/s1. The zero-order valence-electron chi connectivity index (χ0n) is 17.3. The largest absolute Gasteiger partial charge is 0.382 e. The highest BCUT2D eigenvalue weighted by Gasteiger charge is 2.21. The molecule has 5 nitrogen and oxygen atoms in total. The van der Waals surface area contributed by atoms with Gasteiger partial charge in [0.25, 0.3) is 0 Å². The molecule has 1 atom stereocenters. The zero-order chi connectivity index (χ0) is 19.6. The first-order valence-corrected chi connectivity index (χ1v) is 11.0. The van der Waals surface area contributed by atoms with Crippen LogP contribution in [0.4, 0.5) is 5.69 Å². The molecule has 29 heavy (non-hydrogen) atoms. The van der Waals surface area contributed by atoms with Gasteiger partial charge in [0.05, 0.1) is 11.0 Å². The number of nitrogens with one attached hydrogen (secondary N) is 2. The van der Waals surface area contributed by atoms with Gasteiger partial charge in [0, 0.05) is 63.0 Å². The third kappa shape index (κ3) is 3.89. The van der Waals surface area contributed by atoms with Crippen molar-refractivity contribution in [2.24, 2.45) is 0 Å². The highest BCUT2D eigenvalue weighted by Crippen LogP contribution is 2.32. The van der Waals surface area contributed by atoms with E-state index in [9.17, 15) is 0 Å². The van der Waals surface area contributed by atoms with E-state index in [0.717, 1.165) is 52.1 Å². The molecule has 1 aromatic heterocycles. The number of rotatable bonds is 5. The lowest BCUT2D eigenvalue weighted by Crippen LogP contribution is -2.44. The van der Waals surface area contributed by atoms with Gasteiger partial charge in [-0.15, -0.1) is 0 Å². The lowest BCUT2D eigenvalue weighted by molar-refractivity contribution is 0.232. The summed E-state index contributed by atoms with van der Waals surface area (Å²) in [7, 11) is 0. The number of aryl methyl sites for hydroxylation is 1. The fourth-order valence-electron chi connectivity index (χ4n) is 4.72. The topological polar surface area (TPSA) is 45.1 Å². The van der Waals surface area contributed by atoms with Crippen molar-refractivity contribution < 1.29 is 0 Å². The van der Waals surface area contributed by atoms with E-state index in [-0.39, 0.29) is 0 Å². The summed E-state index contributed by atoms with van der Waals surface area (Å²) in [5.41, 5.74) is 6.49. The van der Waals surface area contributed by atoms with Crippen molar-refractivity contribution in [1.82, 2.24) is 19.8 Å². The van der Waals surface area contributed by atoms with Crippen LogP contribution in [0.25, 0.3) is 11.0 Å². The summed E-state index contributed by atoms with van der Waals surface area (Å²) in [5.74, 6) is 1.19. The maximum absolute atomic E-state index is 5.20. The fraction of sp³-hybridized carbons (Fsp3) is 0.458. The van der Waals surface area contributed by atoms with E-state index >= 15 is 0 Å². The van der Waals surface area contributed by atoms with Gasteiger partial charge < -0.3 is 15.2 Å². The second kappa shape index (κ2) is 8.17. The summed E-state index contributed by atoms with van der Waals surface area (Å²) < 4.78 is 2.47. The molecule has 0 bridgehead atoms. The van der Waals surface area contributed by atoms with Gasteiger partial charge >= 0.3 is 0 Å². The maximum Gasteiger partial charge on any atom is 0.114 e. The Morgan fingerprint density at radius 1 is 1.03 bits per heavy atom. The molecule has 2 aromatic carbocycles. The monoisotopic (exact) mass is 389 g/mol. The molecule has 0 saturated carbocycles. The van der Waals surface area contributed by atoms with E-state index in [1.54, 1.807) is 0 Å². The molecule has 3 aromatic rings. The highest BCUT2D eigenvalue weighted by atomic mass is 15.2. The first-order valence-electron chi connectivity index (χ1n) is 11.0. The number of hydrogen-bond donors (Lipinski definition) is 2. The van der Waals surface area contributed by atoms with E-state index in [0.29, 0.717) is 6.04 Å². The van der Waals surface area contributed by atoms with Crippen LogP contribution in [0, 0.1) is 0 Å². The Morgan fingerprint density at radius 2 is 1.86 bits per heavy atom. The molecule has 0 spiro atoms. The van der Waals surface area contributed by atoms with Gasteiger partial charge in [-0.1, -0.05) is 30.3 Å². The van der Waals surface area contributed by atoms with E-state index in [4.69, 9.17) is 4.98 Å². The van der Waals surface area contributed by atoms with Crippen molar-refractivity contribution in [3.8, 4) is 0 Å². The number of piperazine rings is 1. The summed E-state index contributed by atoms with van der Waals surface area (Å²) in [4.78, 5) is 7.77. The van der Waals surface area contributed by atoms with Gasteiger partial charge in [-0.25, -0.2) is 4.98 Å². The molecule has 0 radical (unpaired) electrons. The predicted molar refractivity (Wildman–Crippen MR) is 120 cm³/mol. The van der Waals surface area contributed by atoms with Gasteiger partial charge in [0.1, 0.15) is 5.82 Å². The Hall–Kier alpha value is -2.37. The van der Waals surface area contributed by atoms with Crippen molar-refractivity contribution in [3.63, 3.8) is 0 Å². The normalized spacial score (nSPS) is 19.8. The maximum atomic E-state index is 5.20. The van der Waals surface area contributed by atoms with Crippen LogP contribution in [0.15, 0.2) is 42.5 Å². The smallest absolute Gasteiger partial charge is 0.114 e. The molecule has 152 valence electrons. The Bertz CT molecular complexity index is 972. The fourth-order valence-corrected chi connectivity index (χ4v) is 4.72. The lowest BCUT2D eigenvalue weighted by Gasteiger charge is -2.27. The average Bonchev–Trinajstić information content (AvgIpc) is 3.10. The van der Waals surface area contributed by atoms with Crippen LogP contribution in [0.1, 0.15) is 30.3 Å². The van der Waals surface area contributed by atoms with Crippen LogP contribution in [-0.2, 0) is 19.4 Å². The molecule has 0 unspecified atom stereocenters. The van der Waals surface area contributed by atoms with Gasteiger partial charge in [0.15, 0.2) is 0 Å². The van der Waals surface area contributed by atoms with E-state index in [1.807, 2.05) is 0 Å². The second-order valence-corrected chi connectivity index (χ2v) is 8.48. The summed E-state index contributed by atoms with van der Waals surface area (Å²) in [5, 5.41) is 7.10. The van der Waals surface area contributed by atoms with E-state index in [1.165, 1.54) is 40.1 Å². The van der Waals surface area contributed by atoms with Crippen LogP contribution in [0.3, 0.4) is 0 Å². The first kappa shape index (κ1) is 18.6. The van der Waals surface area contributed by atoms with Gasteiger partial charge in [-0.05, 0) is 37.5 Å². The molecule has 1 saturated heterocycles. The van der Waals surface area contributed by atoms with Gasteiger partial charge in [-0.3, -0.25) is 4.90 Å². The van der Waals surface area contributed by atoms with Crippen LogP contribution >= 0.6 is 0 Å². The third-order valence-electron chi connectivity index (χ3n) is 6.39. The van der Waals surface area contributed by atoms with Crippen molar-refractivity contribution in [2.75, 3.05) is 38.0 Å². The number of anilines is 1. The summed E-state index contributed by atoms with van der Waals surface area (Å²) in [6.45, 7) is 8.82. The first-order chi connectivity index (χ1) is 14.3. The van der Waals surface area contributed by atoms with Crippen molar-refractivity contribution in [3.05, 3.63) is 59.4 Å². The van der Waals surface area contributed by atoms with E-state index in [2.05, 4.69) is 69.5 Å². The average molecular weight is 390 g/mol. The zero-order valence-corrected chi connectivity index (χ0v) is 17.3. The van der Waals surface area contributed by atoms with Crippen molar-refractivity contribution >= 4 is 16.7 Å². The molecule has 3 heterocycles. The summed E-state index contributed by atoms with van der Waals surface area (Å²) in [6.07, 6.45) is 3.17. The Balaban J connectivity index is 1.51. The molecule has 2 N–H and O–H groups in total. The summed E-state index contributed by atoms with van der Waals surface area (Å²) >= 11 is 0. The van der Waals surface area contributed by atoms with Crippen molar-refractivity contribution in [1.29, 1.82) is 0 Å². The number of aromatic nitrogens is 2. The molecule has 1 fully saturated rings. The molecule has 0 aliphatic carbocycles. The van der Waals surface area contributed by atoms with Crippen LogP contribution in [-0.4, -0.2) is 53.2 Å². The molecular weight excluding hydrogens is 358 g/mol.